The predicted octanol–water partition coefficient (Wildman–Crippen LogP) is 2.42. The minimum Gasteiger partial charge on any atom is -0.262 e. The first-order valence-electron chi connectivity index (χ1n) is 4.78. The maximum atomic E-state index is 4.21. The van der Waals surface area contributed by atoms with Crippen molar-refractivity contribution < 1.29 is 0 Å². The Kier molecular flexibility index (Phi) is 1.75. The molecule has 0 spiro atoms. The standard InChI is InChI=1S/C12H9N3/c1-2-5-11-10(4-1)8-13-9-12(11)15-7-3-6-14-15/h1-9H. The number of hydrogen-bond acceptors (Lipinski definition) is 2. The monoisotopic (exact) mass is 195 g/mol. The van der Waals surface area contributed by atoms with Gasteiger partial charge in [-0.1, -0.05) is 24.3 Å². The van der Waals surface area contributed by atoms with Crippen LogP contribution in [0.25, 0.3) is 16.5 Å². The van der Waals surface area contributed by atoms with E-state index in [1.54, 1.807) is 6.20 Å². The molecule has 3 nitrogen and oxygen atoms in total. The van der Waals surface area contributed by atoms with Crippen LogP contribution in [0.1, 0.15) is 0 Å². The van der Waals surface area contributed by atoms with Crippen LogP contribution in [-0.2, 0) is 0 Å². The summed E-state index contributed by atoms with van der Waals surface area (Å²) in [6, 6.07) is 10.1. The van der Waals surface area contributed by atoms with Crippen LogP contribution in [0, 0.1) is 0 Å². The average Bonchev–Trinajstić information content (AvgIpc) is 2.82. The highest BCUT2D eigenvalue weighted by Crippen LogP contribution is 2.19. The summed E-state index contributed by atoms with van der Waals surface area (Å²) in [5.74, 6) is 0. The smallest absolute Gasteiger partial charge is 0.0906 e. The Morgan fingerprint density at radius 1 is 1.00 bits per heavy atom. The summed E-state index contributed by atoms with van der Waals surface area (Å²) in [7, 11) is 0. The predicted molar refractivity (Wildman–Crippen MR) is 58.9 cm³/mol. The van der Waals surface area contributed by atoms with Crippen molar-refractivity contribution in [1.82, 2.24) is 14.8 Å². The van der Waals surface area contributed by atoms with Crippen molar-refractivity contribution in [3.8, 4) is 5.69 Å². The molecule has 0 atom stereocenters. The van der Waals surface area contributed by atoms with Crippen molar-refractivity contribution >= 4 is 10.8 Å². The highest BCUT2D eigenvalue weighted by atomic mass is 15.3. The van der Waals surface area contributed by atoms with E-state index in [2.05, 4.69) is 22.2 Å². The molecule has 1 aromatic carbocycles. The Balaban J connectivity index is 2.36. The van der Waals surface area contributed by atoms with Gasteiger partial charge in [-0.15, -0.1) is 0 Å². The summed E-state index contributed by atoms with van der Waals surface area (Å²) in [6.45, 7) is 0. The maximum Gasteiger partial charge on any atom is 0.0906 e. The summed E-state index contributed by atoms with van der Waals surface area (Å²) >= 11 is 0. The highest BCUT2D eigenvalue weighted by molar-refractivity contribution is 5.88. The summed E-state index contributed by atoms with van der Waals surface area (Å²) in [6.07, 6.45) is 7.38. The second-order valence-corrected chi connectivity index (χ2v) is 3.33. The van der Waals surface area contributed by atoms with E-state index < -0.39 is 0 Å². The van der Waals surface area contributed by atoms with E-state index in [1.807, 2.05) is 41.5 Å². The number of rotatable bonds is 1. The number of nitrogens with zero attached hydrogens (tertiary/aromatic N) is 3. The molecule has 15 heavy (non-hydrogen) atoms. The van der Waals surface area contributed by atoms with E-state index in [-0.39, 0.29) is 0 Å². The van der Waals surface area contributed by atoms with Crippen molar-refractivity contribution in [1.29, 1.82) is 0 Å². The van der Waals surface area contributed by atoms with Gasteiger partial charge < -0.3 is 0 Å². The zero-order valence-electron chi connectivity index (χ0n) is 8.04. The Labute approximate surface area is 87.0 Å². The summed E-state index contributed by atoms with van der Waals surface area (Å²) in [5.41, 5.74) is 1.01. The van der Waals surface area contributed by atoms with E-state index in [4.69, 9.17) is 0 Å². The van der Waals surface area contributed by atoms with Gasteiger partial charge in [-0.05, 0) is 6.07 Å². The van der Waals surface area contributed by atoms with Gasteiger partial charge in [-0.3, -0.25) is 4.98 Å². The van der Waals surface area contributed by atoms with Crippen LogP contribution in [0.2, 0.25) is 0 Å². The van der Waals surface area contributed by atoms with Crippen LogP contribution in [0.5, 0.6) is 0 Å². The minimum atomic E-state index is 1.01. The molecule has 0 unspecified atom stereocenters. The molecule has 0 bridgehead atoms. The molecule has 0 saturated carbocycles. The van der Waals surface area contributed by atoms with Crippen molar-refractivity contribution in [2.75, 3.05) is 0 Å². The van der Waals surface area contributed by atoms with E-state index >= 15 is 0 Å². The van der Waals surface area contributed by atoms with Gasteiger partial charge in [0.05, 0.1) is 11.9 Å². The van der Waals surface area contributed by atoms with Crippen molar-refractivity contribution in [3.63, 3.8) is 0 Å². The third-order valence-corrected chi connectivity index (χ3v) is 2.40. The van der Waals surface area contributed by atoms with Gasteiger partial charge in [0, 0.05) is 29.4 Å². The summed E-state index contributed by atoms with van der Waals surface area (Å²) in [5, 5.41) is 6.51. The molecule has 0 radical (unpaired) electrons. The third kappa shape index (κ3) is 1.29. The van der Waals surface area contributed by atoms with Crippen LogP contribution >= 0.6 is 0 Å². The number of hydrogen-bond donors (Lipinski definition) is 0. The van der Waals surface area contributed by atoms with Crippen LogP contribution in [0.3, 0.4) is 0 Å². The molecule has 2 aromatic heterocycles. The zero-order chi connectivity index (χ0) is 10.1. The third-order valence-electron chi connectivity index (χ3n) is 2.40. The minimum absolute atomic E-state index is 1.01. The summed E-state index contributed by atoms with van der Waals surface area (Å²) in [4.78, 5) is 4.21. The van der Waals surface area contributed by atoms with Crippen LogP contribution < -0.4 is 0 Å². The van der Waals surface area contributed by atoms with Gasteiger partial charge in [-0.2, -0.15) is 5.10 Å². The molecular formula is C12H9N3. The van der Waals surface area contributed by atoms with Crippen LogP contribution in [-0.4, -0.2) is 14.8 Å². The highest BCUT2D eigenvalue weighted by Gasteiger charge is 2.02. The van der Waals surface area contributed by atoms with E-state index in [1.165, 1.54) is 0 Å². The molecule has 3 rings (SSSR count). The first-order valence-corrected chi connectivity index (χ1v) is 4.78. The van der Waals surface area contributed by atoms with E-state index in [9.17, 15) is 0 Å². The second-order valence-electron chi connectivity index (χ2n) is 3.33. The summed E-state index contributed by atoms with van der Waals surface area (Å²) < 4.78 is 1.83. The number of fused-ring (bicyclic) bond motifs is 1. The lowest BCUT2D eigenvalue weighted by Crippen LogP contribution is -1.96. The zero-order valence-corrected chi connectivity index (χ0v) is 8.04. The molecule has 0 fully saturated rings. The average molecular weight is 195 g/mol. The molecular weight excluding hydrogens is 186 g/mol. The Bertz CT molecular complexity index is 579. The fraction of sp³-hybridized carbons (Fsp3) is 0. The molecule has 72 valence electrons. The molecule has 2 heterocycles. The van der Waals surface area contributed by atoms with Crippen LogP contribution in [0.4, 0.5) is 0 Å². The van der Waals surface area contributed by atoms with Gasteiger partial charge in [0.2, 0.25) is 0 Å². The van der Waals surface area contributed by atoms with E-state index in [0.29, 0.717) is 0 Å². The molecule has 0 amide bonds. The topological polar surface area (TPSA) is 30.7 Å². The molecule has 0 aliphatic rings. The fourth-order valence-corrected chi connectivity index (χ4v) is 1.69. The Hall–Kier alpha value is -2.16. The Morgan fingerprint density at radius 2 is 1.93 bits per heavy atom. The van der Waals surface area contributed by atoms with Crippen LogP contribution in [0.15, 0.2) is 55.1 Å². The van der Waals surface area contributed by atoms with Crippen molar-refractivity contribution in [2.24, 2.45) is 0 Å². The first kappa shape index (κ1) is 8.17. The van der Waals surface area contributed by atoms with Gasteiger partial charge in [0.15, 0.2) is 0 Å². The van der Waals surface area contributed by atoms with Gasteiger partial charge in [0.1, 0.15) is 0 Å². The Morgan fingerprint density at radius 3 is 2.80 bits per heavy atom. The largest absolute Gasteiger partial charge is 0.262 e. The second kappa shape index (κ2) is 3.20. The van der Waals surface area contributed by atoms with Gasteiger partial charge in [0.25, 0.3) is 0 Å². The van der Waals surface area contributed by atoms with Gasteiger partial charge >= 0.3 is 0 Å². The molecule has 0 aliphatic carbocycles. The maximum absolute atomic E-state index is 4.21. The molecule has 3 aromatic rings. The van der Waals surface area contributed by atoms with Crippen molar-refractivity contribution in [3.05, 3.63) is 55.1 Å². The SMILES string of the molecule is c1ccc2c(-n3cccn3)cncc2c1. The fourth-order valence-electron chi connectivity index (χ4n) is 1.69. The number of pyridine rings is 1. The molecule has 0 saturated heterocycles. The lowest BCUT2D eigenvalue weighted by atomic mass is 10.1. The van der Waals surface area contributed by atoms with Gasteiger partial charge in [-0.25, -0.2) is 4.68 Å². The lowest BCUT2D eigenvalue weighted by molar-refractivity contribution is 0.882. The normalized spacial score (nSPS) is 10.7. The molecule has 0 aliphatic heterocycles. The number of benzene rings is 1. The molecule has 0 N–H and O–H groups in total. The number of aromatic nitrogens is 3. The van der Waals surface area contributed by atoms with Crippen molar-refractivity contribution in [2.45, 2.75) is 0 Å². The quantitative estimate of drug-likeness (QED) is 0.597. The van der Waals surface area contributed by atoms with E-state index in [0.717, 1.165) is 16.5 Å². The molecule has 3 heteroatoms. The first-order chi connectivity index (χ1) is 7.45. The lowest BCUT2D eigenvalue weighted by Gasteiger charge is -2.04.